The molecule has 5 unspecified atom stereocenters. The average Bonchev–Trinajstić information content (AvgIpc) is 3.33. The first-order valence-electron chi connectivity index (χ1n) is 12.5. The molecule has 3 N–H and O–H groups in total. The van der Waals surface area contributed by atoms with Crippen LogP contribution in [0.2, 0.25) is 0 Å². The van der Waals surface area contributed by atoms with Crippen LogP contribution in [0.5, 0.6) is 11.5 Å². The van der Waals surface area contributed by atoms with Crippen molar-refractivity contribution < 1.29 is 19.7 Å². The molecule has 38 heavy (non-hydrogen) atoms. The van der Waals surface area contributed by atoms with Gasteiger partial charge in [-0.3, -0.25) is 9.97 Å². The highest BCUT2D eigenvalue weighted by Crippen LogP contribution is 2.69. The largest absolute Gasteiger partial charge is 0.495 e. The Morgan fingerprint density at radius 2 is 1.79 bits per heavy atom. The summed E-state index contributed by atoms with van der Waals surface area (Å²) < 4.78 is 13.4. The van der Waals surface area contributed by atoms with Gasteiger partial charge in [0.25, 0.3) is 0 Å². The van der Waals surface area contributed by atoms with Crippen molar-refractivity contribution in [1.82, 2.24) is 15.3 Å². The summed E-state index contributed by atoms with van der Waals surface area (Å²) in [7, 11) is 1.53. The number of ether oxygens (including phenoxy) is 2. The molecule has 1 fully saturated rings. The Balaban J connectivity index is 1.53. The van der Waals surface area contributed by atoms with Crippen molar-refractivity contribution in [2.24, 2.45) is 5.92 Å². The molecular weight excluding hydrogens is 546 g/mol. The lowest BCUT2D eigenvalue weighted by Gasteiger charge is -2.41. The molecule has 1 saturated carbocycles. The quantitative estimate of drug-likeness (QED) is 0.303. The van der Waals surface area contributed by atoms with Crippen LogP contribution in [0.4, 0.5) is 0 Å². The number of nitrogens with one attached hydrogen (secondary N) is 1. The predicted molar refractivity (Wildman–Crippen MR) is 146 cm³/mol. The third-order valence-corrected chi connectivity index (χ3v) is 8.41. The van der Waals surface area contributed by atoms with Crippen LogP contribution in [0.3, 0.4) is 0 Å². The Morgan fingerprint density at radius 3 is 2.50 bits per heavy atom. The number of rotatable bonds is 7. The molecule has 7 nitrogen and oxygen atoms in total. The minimum absolute atomic E-state index is 0.374. The molecule has 2 aliphatic rings. The van der Waals surface area contributed by atoms with Gasteiger partial charge in [-0.05, 0) is 34.9 Å². The number of aromatic nitrogens is 2. The lowest BCUT2D eigenvalue weighted by Crippen LogP contribution is -2.52. The molecule has 0 radical (unpaired) electrons. The van der Waals surface area contributed by atoms with Crippen molar-refractivity contribution >= 4 is 15.9 Å². The number of nitrogens with zero attached hydrogens (tertiary/aromatic N) is 2. The first kappa shape index (κ1) is 25.0. The zero-order valence-electron chi connectivity index (χ0n) is 20.8. The molecule has 6 rings (SSSR count). The second-order valence-electron chi connectivity index (χ2n) is 9.82. The second kappa shape index (κ2) is 9.78. The molecule has 194 valence electrons. The number of benzene rings is 2. The van der Waals surface area contributed by atoms with E-state index in [0.29, 0.717) is 30.2 Å². The Bertz CT molecular complexity index is 1420. The highest BCUT2D eigenvalue weighted by Gasteiger charge is 2.76. The van der Waals surface area contributed by atoms with Crippen LogP contribution in [0, 0.1) is 5.92 Å². The normalized spacial score (nSPS) is 27.4. The van der Waals surface area contributed by atoms with Crippen molar-refractivity contribution in [3.63, 3.8) is 0 Å². The lowest BCUT2D eigenvalue weighted by molar-refractivity contribution is -0.152. The maximum atomic E-state index is 12.8. The van der Waals surface area contributed by atoms with Crippen LogP contribution >= 0.6 is 15.9 Å². The molecule has 1 aliphatic carbocycles. The summed E-state index contributed by atoms with van der Waals surface area (Å²) in [5.74, 6) is -0.0487. The smallest absolute Gasteiger partial charge is 0.177 e. The number of pyridine rings is 2. The van der Waals surface area contributed by atoms with Crippen LogP contribution in [0.15, 0.2) is 96.0 Å². The van der Waals surface area contributed by atoms with E-state index in [1.807, 2.05) is 72.9 Å². The first-order valence-corrected chi connectivity index (χ1v) is 13.3. The highest BCUT2D eigenvalue weighted by molar-refractivity contribution is 9.10. The van der Waals surface area contributed by atoms with Gasteiger partial charge in [0.15, 0.2) is 11.2 Å². The second-order valence-corrected chi connectivity index (χ2v) is 10.7. The molecule has 0 amide bonds. The van der Waals surface area contributed by atoms with Crippen molar-refractivity contribution in [2.75, 3.05) is 13.7 Å². The van der Waals surface area contributed by atoms with Crippen molar-refractivity contribution in [2.45, 2.75) is 29.8 Å². The van der Waals surface area contributed by atoms with E-state index in [2.05, 4.69) is 31.2 Å². The average molecular weight is 574 g/mol. The van der Waals surface area contributed by atoms with Crippen molar-refractivity contribution in [3.8, 4) is 11.5 Å². The Kier molecular flexibility index (Phi) is 6.44. The summed E-state index contributed by atoms with van der Waals surface area (Å²) >= 11 is 3.53. The predicted octanol–water partition coefficient (Wildman–Crippen LogP) is 4.29. The third-order valence-electron chi connectivity index (χ3n) is 7.88. The van der Waals surface area contributed by atoms with Crippen molar-refractivity contribution in [1.29, 1.82) is 0 Å². The molecule has 1 aliphatic heterocycles. The van der Waals surface area contributed by atoms with Crippen LogP contribution in [0.1, 0.15) is 28.2 Å². The summed E-state index contributed by atoms with van der Waals surface area (Å²) in [6.07, 6.45) is 5.51. The Labute approximate surface area is 229 Å². The number of hydrogen-bond donors (Lipinski definition) is 3. The van der Waals surface area contributed by atoms with E-state index in [1.54, 1.807) is 18.6 Å². The van der Waals surface area contributed by atoms with Gasteiger partial charge < -0.3 is 25.0 Å². The fourth-order valence-electron chi connectivity index (χ4n) is 6.34. The maximum Gasteiger partial charge on any atom is 0.177 e. The zero-order valence-corrected chi connectivity index (χ0v) is 22.4. The van der Waals surface area contributed by atoms with E-state index in [9.17, 15) is 10.2 Å². The molecule has 3 heterocycles. The number of aliphatic hydroxyl groups excluding tert-OH is 1. The molecule has 0 spiro atoms. The van der Waals surface area contributed by atoms with E-state index in [4.69, 9.17) is 9.47 Å². The molecule has 4 aromatic rings. The molecule has 8 heteroatoms. The maximum absolute atomic E-state index is 12.8. The van der Waals surface area contributed by atoms with Crippen LogP contribution in [-0.2, 0) is 17.7 Å². The standard InChI is InChI=1S/C30H28BrN3O4/c1-37-24-17-34-18-25-27(24)29(36)28(35)23(16-33-15-19-6-5-13-32-14-19)26(20-7-3-2-4-8-20)30(29,38-25)21-9-11-22(31)12-10-21/h2-14,17-18,23,26,28,33,35-36H,15-16H2,1H3. The number of fused-ring (bicyclic) bond motifs is 3. The summed E-state index contributed by atoms with van der Waals surface area (Å²) in [5.41, 5.74) is 0.00923. The van der Waals surface area contributed by atoms with Crippen LogP contribution < -0.4 is 14.8 Å². The summed E-state index contributed by atoms with van der Waals surface area (Å²) in [5, 5.41) is 28.4. The molecule has 5 atom stereocenters. The van der Waals surface area contributed by atoms with Crippen LogP contribution in [0.25, 0.3) is 0 Å². The van der Waals surface area contributed by atoms with Gasteiger partial charge in [-0.2, -0.15) is 0 Å². The Hall–Kier alpha value is -3.30. The minimum atomic E-state index is -1.81. The highest BCUT2D eigenvalue weighted by atomic mass is 79.9. The number of methoxy groups -OCH3 is 1. The zero-order chi connectivity index (χ0) is 26.3. The van der Waals surface area contributed by atoms with E-state index < -0.39 is 29.1 Å². The SMILES string of the molecule is COc1cncc2c1C1(O)C(O)C(CNCc3cccnc3)C(c3ccccc3)C1(c1ccc(Br)cc1)O2. The Morgan fingerprint density at radius 1 is 1.00 bits per heavy atom. The van der Waals surface area contributed by atoms with Gasteiger partial charge in [-0.25, -0.2) is 0 Å². The third kappa shape index (κ3) is 3.66. The topological polar surface area (TPSA) is 96.7 Å². The molecule has 2 aromatic carbocycles. The van der Waals surface area contributed by atoms with E-state index in [-0.39, 0.29) is 0 Å². The summed E-state index contributed by atoms with van der Waals surface area (Å²) in [6.45, 7) is 1.01. The van der Waals surface area contributed by atoms with Gasteiger partial charge in [0.05, 0.1) is 31.2 Å². The van der Waals surface area contributed by atoms with Gasteiger partial charge in [-0.15, -0.1) is 0 Å². The molecule has 2 aromatic heterocycles. The summed E-state index contributed by atoms with van der Waals surface area (Å²) in [6, 6.07) is 21.6. The van der Waals surface area contributed by atoms with Gasteiger partial charge >= 0.3 is 0 Å². The van der Waals surface area contributed by atoms with E-state index in [0.717, 1.165) is 21.2 Å². The molecule has 0 bridgehead atoms. The van der Waals surface area contributed by atoms with Gasteiger partial charge in [0.1, 0.15) is 11.5 Å². The van der Waals surface area contributed by atoms with Gasteiger partial charge in [0, 0.05) is 41.8 Å². The number of halogens is 1. The minimum Gasteiger partial charge on any atom is -0.495 e. The summed E-state index contributed by atoms with van der Waals surface area (Å²) in [4.78, 5) is 8.48. The number of aliphatic hydroxyl groups is 2. The van der Waals surface area contributed by atoms with Gasteiger partial charge in [0.2, 0.25) is 0 Å². The van der Waals surface area contributed by atoms with Crippen molar-refractivity contribution in [3.05, 3.63) is 118 Å². The fourth-order valence-corrected chi connectivity index (χ4v) is 6.61. The lowest BCUT2D eigenvalue weighted by atomic mass is 9.70. The van der Waals surface area contributed by atoms with E-state index in [1.165, 1.54) is 7.11 Å². The van der Waals surface area contributed by atoms with Gasteiger partial charge in [-0.1, -0.05) is 64.5 Å². The monoisotopic (exact) mass is 573 g/mol. The first-order chi connectivity index (χ1) is 18.5. The number of hydrogen-bond acceptors (Lipinski definition) is 7. The van der Waals surface area contributed by atoms with E-state index >= 15 is 0 Å². The van der Waals surface area contributed by atoms with Crippen LogP contribution in [-0.4, -0.2) is 39.9 Å². The molecular formula is C30H28BrN3O4. The fraction of sp³-hybridized carbons (Fsp3) is 0.267. The molecule has 0 saturated heterocycles.